The lowest BCUT2D eigenvalue weighted by molar-refractivity contribution is 0.586. The fraction of sp³-hybridized carbons (Fsp3) is 0.333. The Bertz CT molecular complexity index is 696. The molecule has 1 aliphatic carbocycles. The van der Waals surface area contributed by atoms with Crippen LogP contribution in [0.4, 0.5) is 5.69 Å². The first-order chi connectivity index (χ1) is 9.63. The van der Waals surface area contributed by atoms with Gasteiger partial charge in [-0.1, -0.05) is 0 Å². The molecule has 2 N–H and O–H groups in total. The van der Waals surface area contributed by atoms with Crippen molar-refractivity contribution in [2.24, 2.45) is 0 Å². The van der Waals surface area contributed by atoms with Crippen molar-refractivity contribution >= 4 is 21.6 Å². The van der Waals surface area contributed by atoms with Crippen LogP contribution in [0.1, 0.15) is 35.8 Å². The second-order valence-corrected chi connectivity index (χ2v) is 5.93. The average Bonchev–Trinajstić information content (AvgIpc) is 2.41. The minimum Gasteiger partial charge on any atom is -0.377 e. The molecule has 1 unspecified atom stereocenters. The largest absolute Gasteiger partial charge is 0.377 e. The molecular weight excluding hydrogens is 318 g/mol. The Kier molecular flexibility index (Phi) is 3.61. The fourth-order valence-electron chi connectivity index (χ4n) is 2.72. The molecule has 2 heterocycles. The Balaban J connectivity index is 1.91. The number of H-pyrrole nitrogens is 1. The molecule has 0 saturated heterocycles. The number of anilines is 1. The summed E-state index contributed by atoms with van der Waals surface area (Å²) in [5, 5.41) is 3.55. The first-order valence-electron chi connectivity index (χ1n) is 6.75. The summed E-state index contributed by atoms with van der Waals surface area (Å²) in [6, 6.07) is 7.74. The lowest BCUT2D eigenvalue weighted by Crippen LogP contribution is -2.22. The maximum Gasteiger partial charge on any atom is 0.248 e. The molecular formula is C15H16BrN3O. The molecule has 0 amide bonds. The van der Waals surface area contributed by atoms with Crippen LogP contribution < -0.4 is 10.9 Å². The normalized spacial score (nSPS) is 17.6. The van der Waals surface area contributed by atoms with Crippen LogP contribution in [0.15, 0.2) is 33.7 Å². The van der Waals surface area contributed by atoms with E-state index in [4.69, 9.17) is 0 Å². The van der Waals surface area contributed by atoms with E-state index in [1.165, 1.54) is 5.56 Å². The first kappa shape index (κ1) is 13.4. The van der Waals surface area contributed by atoms with Crippen LogP contribution in [0.2, 0.25) is 0 Å². The zero-order chi connectivity index (χ0) is 14.1. The summed E-state index contributed by atoms with van der Waals surface area (Å²) in [6.45, 7) is 1.99. The second-order valence-electron chi connectivity index (χ2n) is 5.11. The van der Waals surface area contributed by atoms with E-state index in [9.17, 15) is 4.79 Å². The van der Waals surface area contributed by atoms with Crippen molar-refractivity contribution < 1.29 is 0 Å². The minimum atomic E-state index is -0.0223. The zero-order valence-electron chi connectivity index (χ0n) is 11.2. The van der Waals surface area contributed by atoms with Gasteiger partial charge >= 0.3 is 0 Å². The van der Waals surface area contributed by atoms with E-state index >= 15 is 0 Å². The summed E-state index contributed by atoms with van der Waals surface area (Å²) in [6.07, 6.45) is 3.09. The van der Waals surface area contributed by atoms with Gasteiger partial charge in [0.1, 0.15) is 4.60 Å². The molecule has 0 saturated carbocycles. The molecule has 0 aliphatic heterocycles. The van der Waals surface area contributed by atoms with E-state index in [1.54, 1.807) is 6.07 Å². The number of aromatic amines is 1. The number of fused-ring (bicyclic) bond motifs is 1. The van der Waals surface area contributed by atoms with E-state index in [-0.39, 0.29) is 11.6 Å². The molecule has 4 nitrogen and oxygen atoms in total. The smallest absolute Gasteiger partial charge is 0.248 e. The zero-order valence-corrected chi connectivity index (χ0v) is 12.8. The van der Waals surface area contributed by atoms with Crippen LogP contribution >= 0.6 is 15.9 Å². The third kappa shape index (κ3) is 2.63. The third-order valence-electron chi connectivity index (χ3n) is 3.71. The van der Waals surface area contributed by atoms with Crippen molar-refractivity contribution in [3.05, 3.63) is 56.2 Å². The molecule has 2 aromatic heterocycles. The van der Waals surface area contributed by atoms with Crippen molar-refractivity contribution in [1.82, 2.24) is 9.97 Å². The maximum atomic E-state index is 11.4. The van der Waals surface area contributed by atoms with Crippen LogP contribution in [0.25, 0.3) is 0 Å². The van der Waals surface area contributed by atoms with E-state index in [0.29, 0.717) is 0 Å². The molecule has 0 fully saturated rings. The van der Waals surface area contributed by atoms with Gasteiger partial charge in [-0.25, -0.2) is 4.98 Å². The van der Waals surface area contributed by atoms with Gasteiger partial charge in [0, 0.05) is 11.8 Å². The van der Waals surface area contributed by atoms with Crippen molar-refractivity contribution in [2.45, 2.75) is 32.2 Å². The summed E-state index contributed by atoms with van der Waals surface area (Å²) in [5.74, 6) is 0. The Labute approximate surface area is 125 Å². The summed E-state index contributed by atoms with van der Waals surface area (Å²) in [5.41, 5.74) is 4.24. The standard InChI is InChI=1S/C15H16BrN3O/c1-9-11(6-7-14(16)17-9)18-12-3-2-4-13-10(12)5-8-15(20)19-13/h5-8,12,18H,2-4H2,1H3,(H,19,20). The van der Waals surface area contributed by atoms with Gasteiger partial charge in [-0.15, -0.1) is 0 Å². The van der Waals surface area contributed by atoms with Gasteiger partial charge in [-0.05, 0) is 65.9 Å². The van der Waals surface area contributed by atoms with E-state index in [2.05, 4.69) is 31.2 Å². The topological polar surface area (TPSA) is 57.8 Å². The Morgan fingerprint density at radius 2 is 2.20 bits per heavy atom. The summed E-state index contributed by atoms with van der Waals surface area (Å²) in [4.78, 5) is 18.8. The molecule has 2 aromatic rings. The van der Waals surface area contributed by atoms with Crippen LogP contribution in [0, 0.1) is 6.92 Å². The van der Waals surface area contributed by atoms with Gasteiger partial charge in [0.05, 0.1) is 17.4 Å². The lowest BCUT2D eigenvalue weighted by Gasteiger charge is -2.27. The Hall–Kier alpha value is -1.62. The van der Waals surface area contributed by atoms with Crippen molar-refractivity contribution in [3.8, 4) is 0 Å². The molecule has 1 atom stereocenters. The number of pyridine rings is 2. The van der Waals surface area contributed by atoms with Crippen LogP contribution in [-0.4, -0.2) is 9.97 Å². The number of halogens is 1. The number of hydrogen-bond donors (Lipinski definition) is 2. The van der Waals surface area contributed by atoms with Gasteiger partial charge in [-0.2, -0.15) is 0 Å². The second kappa shape index (κ2) is 5.40. The van der Waals surface area contributed by atoms with E-state index in [0.717, 1.165) is 40.9 Å². The predicted molar refractivity (Wildman–Crippen MR) is 83.0 cm³/mol. The lowest BCUT2D eigenvalue weighted by atomic mass is 9.91. The van der Waals surface area contributed by atoms with Gasteiger partial charge < -0.3 is 10.3 Å². The van der Waals surface area contributed by atoms with Crippen molar-refractivity contribution in [1.29, 1.82) is 0 Å². The molecule has 20 heavy (non-hydrogen) atoms. The number of aromatic nitrogens is 2. The summed E-state index contributed by atoms with van der Waals surface area (Å²) in [7, 11) is 0. The van der Waals surface area contributed by atoms with Gasteiger partial charge in [0.25, 0.3) is 0 Å². The Morgan fingerprint density at radius 1 is 1.35 bits per heavy atom. The summed E-state index contributed by atoms with van der Waals surface area (Å²) >= 11 is 3.38. The van der Waals surface area contributed by atoms with E-state index < -0.39 is 0 Å². The molecule has 0 aromatic carbocycles. The van der Waals surface area contributed by atoms with Gasteiger partial charge in [0.2, 0.25) is 5.56 Å². The highest BCUT2D eigenvalue weighted by Crippen LogP contribution is 2.31. The third-order valence-corrected chi connectivity index (χ3v) is 4.16. The SMILES string of the molecule is Cc1nc(Br)ccc1NC1CCCc2[nH]c(=O)ccc21. The average molecular weight is 334 g/mol. The van der Waals surface area contributed by atoms with Crippen molar-refractivity contribution in [3.63, 3.8) is 0 Å². The van der Waals surface area contributed by atoms with Crippen LogP contribution in [0.5, 0.6) is 0 Å². The minimum absolute atomic E-state index is 0.0223. The van der Waals surface area contributed by atoms with Crippen LogP contribution in [-0.2, 0) is 6.42 Å². The highest BCUT2D eigenvalue weighted by molar-refractivity contribution is 9.10. The van der Waals surface area contributed by atoms with Gasteiger partial charge in [0.15, 0.2) is 0 Å². The maximum absolute atomic E-state index is 11.4. The molecule has 3 rings (SSSR count). The van der Waals surface area contributed by atoms with Gasteiger partial charge in [-0.3, -0.25) is 4.79 Å². The summed E-state index contributed by atoms with van der Waals surface area (Å²) < 4.78 is 0.842. The van der Waals surface area contributed by atoms with Crippen LogP contribution in [0.3, 0.4) is 0 Å². The molecule has 0 spiro atoms. The van der Waals surface area contributed by atoms with E-state index in [1.807, 2.05) is 25.1 Å². The number of nitrogens with zero attached hydrogens (tertiary/aromatic N) is 1. The molecule has 1 aliphatic rings. The number of nitrogens with one attached hydrogen (secondary N) is 2. The quantitative estimate of drug-likeness (QED) is 0.829. The highest BCUT2D eigenvalue weighted by Gasteiger charge is 2.21. The predicted octanol–water partition coefficient (Wildman–Crippen LogP) is 3.33. The molecule has 0 radical (unpaired) electrons. The van der Waals surface area contributed by atoms with Crippen molar-refractivity contribution in [2.75, 3.05) is 5.32 Å². The Morgan fingerprint density at radius 3 is 3.00 bits per heavy atom. The highest BCUT2D eigenvalue weighted by atomic mass is 79.9. The number of hydrogen-bond acceptors (Lipinski definition) is 3. The number of aryl methyl sites for hydroxylation is 2. The number of rotatable bonds is 2. The molecule has 104 valence electrons. The monoisotopic (exact) mass is 333 g/mol. The first-order valence-corrected chi connectivity index (χ1v) is 7.54. The molecule has 0 bridgehead atoms. The molecule has 5 heteroatoms. The fourth-order valence-corrected chi connectivity index (χ4v) is 3.12.